The second-order valence-electron chi connectivity index (χ2n) is 4.96. The third kappa shape index (κ3) is 3.51. The number of hydrogen-bond donors (Lipinski definition) is 1. The summed E-state index contributed by atoms with van der Waals surface area (Å²) < 4.78 is 26.7. The number of anilines is 1. The zero-order chi connectivity index (χ0) is 17.9. The molecule has 0 radical (unpaired) electrons. The predicted molar refractivity (Wildman–Crippen MR) is 94.0 cm³/mol. The minimum atomic E-state index is -3.84. The summed E-state index contributed by atoms with van der Waals surface area (Å²) in [6.45, 7) is 1.87. The summed E-state index contributed by atoms with van der Waals surface area (Å²) in [5.41, 5.74) is 1.04. The van der Waals surface area contributed by atoms with Crippen molar-refractivity contribution in [3.63, 3.8) is 0 Å². The number of sulfonamides is 1. The van der Waals surface area contributed by atoms with E-state index in [4.69, 9.17) is 0 Å². The Balaban J connectivity index is 2.56. The van der Waals surface area contributed by atoms with Crippen molar-refractivity contribution in [2.75, 3.05) is 24.7 Å². The van der Waals surface area contributed by atoms with Crippen LogP contribution in [0.2, 0.25) is 0 Å². The zero-order valence-corrected chi connectivity index (χ0v) is 15.4. The molecular weight excluding hydrogens is 348 g/mol. The summed E-state index contributed by atoms with van der Waals surface area (Å²) >= 11 is 1.26. The number of aryl methyl sites for hydroxylation is 1. The maximum Gasteiger partial charge on any atom is 0.265 e. The first-order valence-corrected chi connectivity index (χ1v) is 9.66. The van der Waals surface area contributed by atoms with Gasteiger partial charge in [0, 0.05) is 20.3 Å². The van der Waals surface area contributed by atoms with Gasteiger partial charge in [-0.3, -0.25) is 9.10 Å². The number of aromatic nitrogens is 2. The number of rotatable bonds is 5. The van der Waals surface area contributed by atoms with Crippen LogP contribution in [0.15, 0.2) is 40.5 Å². The number of nitrogens with one attached hydrogen (secondary N) is 1. The van der Waals surface area contributed by atoms with Gasteiger partial charge in [-0.15, -0.1) is 0 Å². The third-order valence-corrected chi connectivity index (χ3v) is 5.70. The molecule has 1 amide bonds. The first-order chi connectivity index (χ1) is 11.3. The average Bonchev–Trinajstić information content (AvgIpc) is 2.60. The van der Waals surface area contributed by atoms with Crippen LogP contribution >= 0.6 is 11.8 Å². The summed E-state index contributed by atoms with van der Waals surface area (Å²) in [7, 11) is -1.01. The fraction of sp³-hybridized carbons (Fsp3) is 0.267. The van der Waals surface area contributed by atoms with Gasteiger partial charge in [0.1, 0.15) is 5.56 Å². The van der Waals surface area contributed by atoms with E-state index in [1.807, 2.05) is 6.92 Å². The van der Waals surface area contributed by atoms with E-state index in [-0.39, 0.29) is 16.3 Å². The first-order valence-electron chi connectivity index (χ1n) is 7.00. The lowest BCUT2D eigenvalue weighted by Gasteiger charge is -2.21. The molecule has 0 saturated heterocycles. The van der Waals surface area contributed by atoms with Crippen molar-refractivity contribution >= 4 is 33.5 Å². The summed E-state index contributed by atoms with van der Waals surface area (Å²) in [6.07, 6.45) is 3.10. The van der Waals surface area contributed by atoms with Crippen LogP contribution in [0.4, 0.5) is 5.82 Å². The summed E-state index contributed by atoms with van der Waals surface area (Å²) in [4.78, 5) is 20.4. The van der Waals surface area contributed by atoms with E-state index in [0.717, 1.165) is 9.87 Å². The Morgan fingerprint density at radius 2 is 1.88 bits per heavy atom. The summed E-state index contributed by atoms with van der Waals surface area (Å²) in [5, 5.41) is 2.84. The van der Waals surface area contributed by atoms with E-state index in [1.54, 1.807) is 18.4 Å². The van der Waals surface area contributed by atoms with Crippen LogP contribution in [-0.2, 0) is 10.0 Å². The van der Waals surface area contributed by atoms with E-state index in [1.165, 1.54) is 44.2 Å². The molecule has 1 N–H and O–H groups in total. The summed E-state index contributed by atoms with van der Waals surface area (Å²) in [5.74, 6) is -0.419. The van der Waals surface area contributed by atoms with Gasteiger partial charge in [-0.2, -0.15) is 0 Å². The first kappa shape index (κ1) is 18.2. The Bertz CT molecular complexity index is 852. The van der Waals surface area contributed by atoms with E-state index >= 15 is 0 Å². The quantitative estimate of drug-likeness (QED) is 0.639. The van der Waals surface area contributed by atoms with Gasteiger partial charge in [-0.1, -0.05) is 29.5 Å². The SMILES string of the molecule is CNC(=O)c1cnc(SC)nc1N(C)S(=O)(=O)c1ccc(C)cc1. The van der Waals surface area contributed by atoms with Crippen LogP contribution in [0.3, 0.4) is 0 Å². The fourth-order valence-electron chi connectivity index (χ4n) is 1.97. The molecule has 0 atom stereocenters. The Labute approximate surface area is 145 Å². The Hall–Kier alpha value is -2.13. The minimum Gasteiger partial charge on any atom is -0.355 e. The van der Waals surface area contributed by atoms with E-state index in [2.05, 4.69) is 15.3 Å². The predicted octanol–water partition coefficient (Wildman–Crippen LogP) is 1.69. The van der Waals surface area contributed by atoms with Crippen LogP contribution in [0.25, 0.3) is 0 Å². The van der Waals surface area contributed by atoms with Crippen LogP contribution in [0.1, 0.15) is 15.9 Å². The summed E-state index contributed by atoms with van der Waals surface area (Å²) in [6, 6.07) is 6.48. The number of amides is 1. The topological polar surface area (TPSA) is 92.3 Å². The highest BCUT2D eigenvalue weighted by Gasteiger charge is 2.27. The molecular formula is C15H18N4O3S2. The number of benzene rings is 1. The lowest BCUT2D eigenvalue weighted by molar-refractivity contribution is 0.0963. The molecule has 0 aliphatic heterocycles. The molecule has 0 bridgehead atoms. The monoisotopic (exact) mass is 366 g/mol. The molecule has 7 nitrogen and oxygen atoms in total. The van der Waals surface area contributed by atoms with Crippen molar-refractivity contribution < 1.29 is 13.2 Å². The lowest BCUT2D eigenvalue weighted by Crippen LogP contribution is -2.31. The van der Waals surface area contributed by atoms with Gasteiger partial charge in [-0.05, 0) is 25.3 Å². The smallest absolute Gasteiger partial charge is 0.265 e. The van der Waals surface area contributed by atoms with Gasteiger partial charge >= 0.3 is 0 Å². The second kappa shape index (κ2) is 7.18. The molecule has 1 heterocycles. The van der Waals surface area contributed by atoms with Gasteiger partial charge in [0.25, 0.3) is 15.9 Å². The molecule has 2 aromatic rings. The van der Waals surface area contributed by atoms with Crippen molar-refractivity contribution in [3.05, 3.63) is 41.6 Å². The molecule has 2 rings (SSSR count). The van der Waals surface area contributed by atoms with Crippen LogP contribution in [0.5, 0.6) is 0 Å². The molecule has 9 heteroatoms. The van der Waals surface area contributed by atoms with Crippen molar-refractivity contribution in [2.24, 2.45) is 0 Å². The molecule has 0 aliphatic carbocycles. The largest absolute Gasteiger partial charge is 0.355 e. The van der Waals surface area contributed by atoms with E-state index < -0.39 is 15.9 Å². The maximum atomic E-state index is 12.8. The minimum absolute atomic E-state index is 0.0364. The van der Waals surface area contributed by atoms with Gasteiger partial charge in [0.15, 0.2) is 11.0 Å². The molecule has 0 fully saturated rings. The maximum absolute atomic E-state index is 12.8. The molecule has 0 saturated carbocycles. The molecule has 0 spiro atoms. The standard InChI is InChI=1S/C15H18N4O3S2/c1-10-5-7-11(8-6-10)24(21,22)19(3)13-12(14(20)16-2)9-17-15(18-13)23-4/h5-9H,1-4H3,(H,16,20). The molecule has 0 unspecified atom stereocenters. The van der Waals surface area contributed by atoms with Crippen molar-refractivity contribution in [1.82, 2.24) is 15.3 Å². The molecule has 24 heavy (non-hydrogen) atoms. The van der Waals surface area contributed by atoms with Crippen LogP contribution in [-0.4, -0.2) is 44.6 Å². The van der Waals surface area contributed by atoms with E-state index in [9.17, 15) is 13.2 Å². The third-order valence-electron chi connectivity index (χ3n) is 3.38. The lowest BCUT2D eigenvalue weighted by atomic mass is 10.2. The highest BCUT2D eigenvalue weighted by molar-refractivity contribution is 7.98. The number of thioether (sulfide) groups is 1. The van der Waals surface area contributed by atoms with Crippen molar-refractivity contribution in [3.8, 4) is 0 Å². The fourth-order valence-corrected chi connectivity index (χ4v) is 3.47. The van der Waals surface area contributed by atoms with Crippen molar-refractivity contribution in [2.45, 2.75) is 17.0 Å². The second-order valence-corrected chi connectivity index (χ2v) is 7.70. The van der Waals surface area contributed by atoms with Crippen LogP contribution < -0.4 is 9.62 Å². The Morgan fingerprint density at radius 3 is 2.42 bits per heavy atom. The average molecular weight is 366 g/mol. The number of carbonyl (C=O) groups is 1. The molecule has 128 valence electrons. The van der Waals surface area contributed by atoms with Gasteiger partial charge < -0.3 is 5.32 Å². The van der Waals surface area contributed by atoms with Crippen molar-refractivity contribution in [1.29, 1.82) is 0 Å². The molecule has 1 aromatic heterocycles. The zero-order valence-electron chi connectivity index (χ0n) is 13.8. The Kier molecular flexibility index (Phi) is 5.45. The Morgan fingerprint density at radius 1 is 1.25 bits per heavy atom. The number of hydrogen-bond acceptors (Lipinski definition) is 6. The highest BCUT2D eigenvalue weighted by Crippen LogP contribution is 2.25. The van der Waals surface area contributed by atoms with Gasteiger partial charge in [0.05, 0.1) is 4.90 Å². The van der Waals surface area contributed by atoms with E-state index in [0.29, 0.717) is 5.16 Å². The normalized spacial score (nSPS) is 11.2. The van der Waals surface area contributed by atoms with Crippen LogP contribution in [0, 0.1) is 6.92 Å². The van der Waals surface area contributed by atoms with Gasteiger partial charge in [-0.25, -0.2) is 18.4 Å². The molecule has 1 aromatic carbocycles. The highest BCUT2D eigenvalue weighted by atomic mass is 32.2. The number of carbonyl (C=O) groups excluding carboxylic acids is 1. The molecule has 0 aliphatic rings. The van der Waals surface area contributed by atoms with Gasteiger partial charge in [0.2, 0.25) is 0 Å². The number of nitrogens with zero attached hydrogens (tertiary/aromatic N) is 3.